The smallest absolute Gasteiger partial charge is 0.339 e. The van der Waals surface area contributed by atoms with Crippen molar-refractivity contribution < 1.29 is 14.3 Å². The van der Waals surface area contributed by atoms with Crippen molar-refractivity contribution >= 4 is 11.5 Å². The monoisotopic (exact) mass is 292 g/mol. The molecule has 0 amide bonds. The van der Waals surface area contributed by atoms with E-state index in [-0.39, 0.29) is 18.2 Å². The lowest BCUT2D eigenvalue weighted by molar-refractivity contribution is -0.146. The van der Waals surface area contributed by atoms with Crippen molar-refractivity contribution in [1.29, 1.82) is 0 Å². The van der Waals surface area contributed by atoms with Gasteiger partial charge in [-0.25, -0.2) is 4.79 Å². The van der Waals surface area contributed by atoms with E-state index in [9.17, 15) is 4.79 Å². The van der Waals surface area contributed by atoms with Gasteiger partial charge in [0.05, 0.1) is 12.2 Å². The van der Waals surface area contributed by atoms with E-state index in [4.69, 9.17) is 9.47 Å². The molecule has 3 heteroatoms. The van der Waals surface area contributed by atoms with Gasteiger partial charge in [0.25, 0.3) is 0 Å². The molecule has 2 atom stereocenters. The molecule has 110 valence electrons. The zero-order chi connectivity index (χ0) is 14.9. The topological polar surface area (TPSA) is 35.5 Å². The Labute approximate surface area is 129 Å². The Morgan fingerprint density at radius 3 is 2.27 bits per heavy atom. The summed E-state index contributed by atoms with van der Waals surface area (Å²) >= 11 is 0. The average molecular weight is 292 g/mol. The highest BCUT2D eigenvalue weighted by Crippen LogP contribution is 2.42. The van der Waals surface area contributed by atoms with Crippen molar-refractivity contribution in [2.24, 2.45) is 0 Å². The van der Waals surface area contributed by atoms with Crippen LogP contribution in [0.2, 0.25) is 0 Å². The average Bonchev–Trinajstić information content (AvgIpc) is 2.92. The van der Waals surface area contributed by atoms with Crippen molar-refractivity contribution in [3.63, 3.8) is 0 Å². The molecule has 2 heterocycles. The van der Waals surface area contributed by atoms with Crippen molar-refractivity contribution in [3.8, 4) is 0 Å². The van der Waals surface area contributed by atoms with E-state index < -0.39 is 0 Å². The van der Waals surface area contributed by atoms with E-state index in [2.05, 4.69) is 0 Å². The summed E-state index contributed by atoms with van der Waals surface area (Å²) in [6.07, 6.45) is 0.221. The Balaban J connectivity index is 1.76. The van der Waals surface area contributed by atoms with Crippen molar-refractivity contribution in [2.45, 2.75) is 18.6 Å². The lowest BCUT2D eigenvalue weighted by Gasteiger charge is -2.30. The molecule has 0 unspecified atom stereocenters. The highest BCUT2D eigenvalue weighted by Gasteiger charge is 2.42. The third-order valence-corrected chi connectivity index (χ3v) is 4.24. The predicted molar refractivity (Wildman–Crippen MR) is 83.0 cm³/mol. The molecule has 0 bridgehead atoms. The molecule has 22 heavy (non-hydrogen) atoms. The summed E-state index contributed by atoms with van der Waals surface area (Å²) in [6, 6.07) is 19.7. The predicted octanol–water partition coefficient (Wildman–Crippen LogP) is 3.53. The molecule has 0 aliphatic carbocycles. The maximum absolute atomic E-state index is 12.4. The Bertz CT molecular complexity index is 719. The zero-order valence-electron chi connectivity index (χ0n) is 12.1. The van der Waals surface area contributed by atoms with Gasteiger partial charge >= 0.3 is 5.97 Å². The summed E-state index contributed by atoms with van der Waals surface area (Å²) in [5.41, 5.74) is 3.76. The van der Waals surface area contributed by atoms with Gasteiger partial charge in [0.15, 0.2) is 6.10 Å². The standard InChI is InChI=1S/C19H16O3/c20-19-16(13-7-3-1-4-8-13)15-11-12-21-17(18(15)22-19)14-9-5-2-6-10-14/h1-10,17-18H,11-12H2/t17-,18+/m0/s1. The summed E-state index contributed by atoms with van der Waals surface area (Å²) < 4.78 is 11.6. The second kappa shape index (κ2) is 5.43. The van der Waals surface area contributed by atoms with Crippen LogP contribution in [0.25, 0.3) is 5.57 Å². The van der Waals surface area contributed by atoms with Gasteiger partial charge in [-0.1, -0.05) is 60.7 Å². The first-order valence-electron chi connectivity index (χ1n) is 7.50. The molecular formula is C19H16O3. The lowest BCUT2D eigenvalue weighted by atomic mass is 9.90. The first-order chi connectivity index (χ1) is 10.8. The van der Waals surface area contributed by atoms with Crippen molar-refractivity contribution in [2.75, 3.05) is 6.61 Å². The van der Waals surface area contributed by atoms with E-state index in [0.29, 0.717) is 6.61 Å². The number of fused-ring (bicyclic) bond motifs is 1. The molecule has 3 nitrogen and oxygen atoms in total. The fraction of sp³-hybridized carbons (Fsp3) is 0.211. The normalized spacial score (nSPS) is 24.1. The fourth-order valence-corrected chi connectivity index (χ4v) is 3.24. The number of hydrogen-bond donors (Lipinski definition) is 0. The van der Waals surface area contributed by atoms with Gasteiger partial charge in [-0.3, -0.25) is 0 Å². The lowest BCUT2D eigenvalue weighted by Crippen LogP contribution is -2.29. The van der Waals surface area contributed by atoms with Crippen LogP contribution in [0.1, 0.15) is 23.7 Å². The number of ether oxygens (including phenoxy) is 2. The highest BCUT2D eigenvalue weighted by atomic mass is 16.6. The summed E-state index contributed by atoms with van der Waals surface area (Å²) in [5.74, 6) is -0.238. The number of hydrogen-bond acceptors (Lipinski definition) is 3. The molecule has 0 saturated carbocycles. The molecular weight excluding hydrogens is 276 g/mol. The quantitative estimate of drug-likeness (QED) is 0.794. The maximum atomic E-state index is 12.4. The first-order valence-corrected chi connectivity index (χ1v) is 7.50. The number of carbonyl (C=O) groups is 1. The van der Waals surface area contributed by atoms with Gasteiger partial charge < -0.3 is 9.47 Å². The summed E-state index contributed by atoms with van der Waals surface area (Å²) in [6.45, 7) is 0.609. The van der Waals surface area contributed by atoms with Gasteiger partial charge in [0.2, 0.25) is 0 Å². The molecule has 2 aliphatic heterocycles. The number of esters is 1. The van der Waals surface area contributed by atoms with E-state index in [0.717, 1.165) is 28.7 Å². The van der Waals surface area contributed by atoms with Crippen molar-refractivity contribution in [3.05, 3.63) is 77.4 Å². The largest absolute Gasteiger partial charge is 0.451 e. The molecule has 0 spiro atoms. The molecule has 2 aliphatic rings. The molecule has 0 N–H and O–H groups in total. The number of benzene rings is 2. The van der Waals surface area contributed by atoms with Crippen LogP contribution in [-0.4, -0.2) is 18.7 Å². The van der Waals surface area contributed by atoms with Gasteiger partial charge in [-0.2, -0.15) is 0 Å². The number of rotatable bonds is 2. The van der Waals surface area contributed by atoms with Crippen molar-refractivity contribution in [1.82, 2.24) is 0 Å². The van der Waals surface area contributed by atoms with Gasteiger partial charge in [-0.05, 0) is 23.1 Å². The first kappa shape index (κ1) is 13.3. The molecule has 2 aromatic carbocycles. The Morgan fingerprint density at radius 2 is 1.55 bits per heavy atom. The Morgan fingerprint density at radius 1 is 0.864 bits per heavy atom. The SMILES string of the molecule is O=C1O[C@@H]2C(=C1c1ccccc1)CCO[C@H]2c1ccccc1. The van der Waals surface area contributed by atoms with E-state index in [1.165, 1.54) is 0 Å². The minimum Gasteiger partial charge on any atom is -0.451 e. The summed E-state index contributed by atoms with van der Waals surface area (Å²) in [4.78, 5) is 12.4. The zero-order valence-corrected chi connectivity index (χ0v) is 12.1. The molecule has 0 radical (unpaired) electrons. The summed E-state index contributed by atoms with van der Waals surface area (Å²) in [5, 5.41) is 0. The summed E-state index contributed by atoms with van der Waals surface area (Å²) in [7, 11) is 0. The van der Waals surface area contributed by atoms with E-state index in [1.54, 1.807) is 0 Å². The van der Waals surface area contributed by atoms with Crippen LogP contribution in [-0.2, 0) is 14.3 Å². The molecule has 1 fully saturated rings. The molecule has 1 saturated heterocycles. The van der Waals surface area contributed by atoms with Crippen LogP contribution in [0.4, 0.5) is 0 Å². The maximum Gasteiger partial charge on any atom is 0.339 e. The minimum atomic E-state index is -0.307. The molecule has 2 aromatic rings. The van der Waals surface area contributed by atoms with Crippen LogP contribution >= 0.6 is 0 Å². The Hall–Kier alpha value is -2.39. The van der Waals surface area contributed by atoms with Crippen LogP contribution in [0.5, 0.6) is 0 Å². The second-order valence-electron chi connectivity index (χ2n) is 5.54. The molecule has 4 rings (SSSR count). The van der Waals surface area contributed by atoms with E-state index >= 15 is 0 Å². The Kier molecular flexibility index (Phi) is 3.28. The van der Waals surface area contributed by atoms with Crippen LogP contribution < -0.4 is 0 Å². The second-order valence-corrected chi connectivity index (χ2v) is 5.54. The third-order valence-electron chi connectivity index (χ3n) is 4.24. The number of carbonyl (C=O) groups excluding carboxylic acids is 1. The fourth-order valence-electron chi connectivity index (χ4n) is 3.24. The third kappa shape index (κ3) is 2.14. The van der Waals surface area contributed by atoms with Crippen LogP contribution in [0, 0.1) is 0 Å². The van der Waals surface area contributed by atoms with Crippen LogP contribution in [0.15, 0.2) is 66.2 Å². The van der Waals surface area contributed by atoms with Gasteiger partial charge in [0, 0.05) is 0 Å². The van der Waals surface area contributed by atoms with Gasteiger partial charge in [-0.15, -0.1) is 0 Å². The minimum absolute atomic E-state index is 0.213. The van der Waals surface area contributed by atoms with Gasteiger partial charge in [0.1, 0.15) is 6.10 Å². The van der Waals surface area contributed by atoms with E-state index in [1.807, 2.05) is 60.7 Å². The highest BCUT2D eigenvalue weighted by molar-refractivity contribution is 6.19. The van der Waals surface area contributed by atoms with Crippen LogP contribution in [0.3, 0.4) is 0 Å². The molecule has 0 aromatic heterocycles.